The summed E-state index contributed by atoms with van der Waals surface area (Å²) in [4.78, 5) is 27.5. The third kappa shape index (κ3) is 3.21. The molecule has 1 unspecified atom stereocenters. The van der Waals surface area contributed by atoms with Crippen molar-refractivity contribution in [1.29, 1.82) is 0 Å². The van der Waals surface area contributed by atoms with E-state index in [1.54, 1.807) is 18.3 Å². The van der Waals surface area contributed by atoms with Crippen LogP contribution in [-0.2, 0) is 6.54 Å². The number of carbonyl (C=O) groups is 1. The van der Waals surface area contributed by atoms with Gasteiger partial charge in [-0.3, -0.25) is 4.79 Å². The number of rotatable bonds is 4. The highest BCUT2D eigenvalue weighted by Crippen LogP contribution is 2.27. The van der Waals surface area contributed by atoms with E-state index < -0.39 is 0 Å². The first-order chi connectivity index (χ1) is 12.2. The highest BCUT2D eigenvalue weighted by atomic mass is 32.1. The molecule has 0 aromatic carbocycles. The molecule has 0 N–H and O–H groups in total. The van der Waals surface area contributed by atoms with Crippen molar-refractivity contribution in [2.24, 2.45) is 0 Å². The Bertz CT molecular complexity index is 854. The number of hydrogen-bond acceptors (Lipinski definition) is 6. The largest absolute Gasteiger partial charge is 0.448 e. The molecular formula is C17H19N5O2S. The molecule has 0 aliphatic carbocycles. The number of carbonyl (C=O) groups excluding carboxylic acids is 1. The number of oxazole rings is 1. The zero-order valence-electron chi connectivity index (χ0n) is 14.0. The fourth-order valence-electron chi connectivity index (χ4n) is 3.34. The molecular weight excluding hydrogens is 338 g/mol. The highest BCUT2D eigenvalue weighted by Gasteiger charge is 2.29. The molecule has 0 saturated carbocycles. The van der Waals surface area contributed by atoms with Crippen molar-refractivity contribution in [3.8, 4) is 0 Å². The van der Waals surface area contributed by atoms with E-state index >= 15 is 0 Å². The third-order valence-electron chi connectivity index (χ3n) is 4.58. The van der Waals surface area contributed by atoms with Crippen molar-refractivity contribution in [3.63, 3.8) is 0 Å². The smallest absolute Gasteiger partial charge is 0.276 e. The van der Waals surface area contributed by atoms with Gasteiger partial charge < -0.3 is 13.9 Å². The number of amides is 1. The van der Waals surface area contributed by atoms with Crippen LogP contribution in [0.3, 0.4) is 0 Å². The van der Waals surface area contributed by atoms with E-state index in [2.05, 4.69) is 19.5 Å². The summed E-state index contributed by atoms with van der Waals surface area (Å²) in [6.07, 6.45) is 7.11. The number of imidazole rings is 1. The molecule has 1 aliphatic heterocycles. The molecule has 1 saturated heterocycles. The Morgan fingerprint density at radius 2 is 2.32 bits per heavy atom. The van der Waals surface area contributed by atoms with Crippen LogP contribution in [0, 0.1) is 6.92 Å². The SMILES string of the molecule is Cc1ocnc1C(=O)N1CCCC(c2nccn2Cc2cscn2)C1. The lowest BCUT2D eigenvalue weighted by atomic mass is 9.96. The summed E-state index contributed by atoms with van der Waals surface area (Å²) in [7, 11) is 0. The van der Waals surface area contributed by atoms with Crippen LogP contribution in [0.4, 0.5) is 0 Å². The summed E-state index contributed by atoms with van der Waals surface area (Å²) < 4.78 is 7.31. The number of nitrogens with zero attached hydrogens (tertiary/aromatic N) is 5. The van der Waals surface area contributed by atoms with Crippen LogP contribution in [0.5, 0.6) is 0 Å². The molecule has 3 aromatic rings. The van der Waals surface area contributed by atoms with Crippen molar-refractivity contribution < 1.29 is 9.21 Å². The second-order valence-electron chi connectivity index (χ2n) is 6.24. The maximum Gasteiger partial charge on any atom is 0.276 e. The Labute approximate surface area is 149 Å². The van der Waals surface area contributed by atoms with Gasteiger partial charge >= 0.3 is 0 Å². The van der Waals surface area contributed by atoms with Gasteiger partial charge in [0.15, 0.2) is 12.1 Å². The Balaban J connectivity index is 1.51. The van der Waals surface area contributed by atoms with Crippen LogP contribution in [0.1, 0.15) is 46.5 Å². The molecule has 1 atom stereocenters. The van der Waals surface area contributed by atoms with Gasteiger partial charge in [-0.15, -0.1) is 11.3 Å². The first-order valence-electron chi connectivity index (χ1n) is 8.30. The summed E-state index contributed by atoms with van der Waals surface area (Å²) in [6.45, 7) is 3.88. The van der Waals surface area contributed by atoms with Gasteiger partial charge in [-0.25, -0.2) is 15.0 Å². The minimum absolute atomic E-state index is 0.0615. The lowest BCUT2D eigenvalue weighted by molar-refractivity contribution is 0.0696. The van der Waals surface area contributed by atoms with Crippen molar-refractivity contribution in [2.75, 3.05) is 13.1 Å². The topological polar surface area (TPSA) is 77.0 Å². The number of hydrogen-bond donors (Lipinski definition) is 0. The fraction of sp³-hybridized carbons (Fsp3) is 0.412. The molecule has 7 nitrogen and oxygen atoms in total. The van der Waals surface area contributed by atoms with E-state index in [1.165, 1.54) is 6.39 Å². The van der Waals surface area contributed by atoms with E-state index in [4.69, 9.17) is 4.42 Å². The molecule has 0 spiro atoms. The normalized spacial score (nSPS) is 17.8. The van der Waals surface area contributed by atoms with E-state index in [0.29, 0.717) is 24.5 Å². The predicted octanol–water partition coefficient (Wildman–Crippen LogP) is 2.70. The van der Waals surface area contributed by atoms with Gasteiger partial charge in [-0.1, -0.05) is 0 Å². The summed E-state index contributed by atoms with van der Waals surface area (Å²) in [5.41, 5.74) is 3.28. The first-order valence-corrected chi connectivity index (χ1v) is 9.24. The Morgan fingerprint density at radius 3 is 3.08 bits per heavy atom. The third-order valence-corrected chi connectivity index (χ3v) is 5.22. The van der Waals surface area contributed by atoms with E-state index in [-0.39, 0.29) is 11.8 Å². The maximum absolute atomic E-state index is 12.7. The first kappa shape index (κ1) is 16.0. The molecule has 3 aromatic heterocycles. The average molecular weight is 357 g/mol. The van der Waals surface area contributed by atoms with Gasteiger partial charge in [0.2, 0.25) is 0 Å². The molecule has 0 radical (unpaired) electrons. The van der Waals surface area contributed by atoms with Crippen molar-refractivity contribution in [3.05, 3.63) is 52.7 Å². The summed E-state index contributed by atoms with van der Waals surface area (Å²) in [5.74, 6) is 1.74. The molecule has 1 amide bonds. The Kier molecular flexibility index (Phi) is 4.35. The number of likely N-dealkylation sites (tertiary alicyclic amines) is 1. The molecule has 1 fully saturated rings. The molecule has 4 heterocycles. The number of piperidine rings is 1. The summed E-state index contributed by atoms with van der Waals surface area (Å²) in [5, 5.41) is 2.05. The lowest BCUT2D eigenvalue weighted by Crippen LogP contribution is -2.40. The monoisotopic (exact) mass is 357 g/mol. The molecule has 130 valence electrons. The van der Waals surface area contributed by atoms with Crippen molar-refractivity contribution in [2.45, 2.75) is 32.2 Å². The van der Waals surface area contributed by atoms with Crippen LogP contribution < -0.4 is 0 Å². The lowest BCUT2D eigenvalue weighted by Gasteiger charge is -2.32. The standard InChI is InChI=1S/C17H19N5O2S/c1-12-15(19-10-24-12)17(23)22-5-2-3-13(7-22)16-18-4-6-21(16)8-14-9-25-11-20-14/h4,6,9-11,13H,2-3,5,7-8H2,1H3. The summed E-state index contributed by atoms with van der Waals surface area (Å²) >= 11 is 1.59. The van der Waals surface area contributed by atoms with Crippen LogP contribution >= 0.6 is 11.3 Å². The van der Waals surface area contributed by atoms with E-state index in [9.17, 15) is 4.79 Å². The minimum atomic E-state index is -0.0615. The van der Waals surface area contributed by atoms with Crippen LogP contribution in [0.2, 0.25) is 0 Å². The number of aromatic nitrogens is 4. The number of aryl methyl sites for hydroxylation is 1. The molecule has 8 heteroatoms. The zero-order valence-corrected chi connectivity index (χ0v) is 14.8. The molecule has 25 heavy (non-hydrogen) atoms. The van der Waals surface area contributed by atoms with Gasteiger partial charge in [0.05, 0.1) is 17.7 Å². The Morgan fingerprint density at radius 1 is 1.40 bits per heavy atom. The quantitative estimate of drug-likeness (QED) is 0.717. The van der Waals surface area contributed by atoms with Gasteiger partial charge in [0.1, 0.15) is 11.6 Å². The molecule has 1 aliphatic rings. The second-order valence-corrected chi connectivity index (χ2v) is 6.96. The minimum Gasteiger partial charge on any atom is -0.448 e. The van der Waals surface area contributed by atoms with Gasteiger partial charge in [-0.05, 0) is 19.8 Å². The highest BCUT2D eigenvalue weighted by molar-refractivity contribution is 7.07. The number of thiazole rings is 1. The van der Waals surface area contributed by atoms with E-state index in [0.717, 1.165) is 30.9 Å². The van der Waals surface area contributed by atoms with Gasteiger partial charge in [0, 0.05) is 36.8 Å². The fourth-order valence-corrected chi connectivity index (χ4v) is 3.89. The summed E-state index contributed by atoms with van der Waals surface area (Å²) in [6, 6.07) is 0. The van der Waals surface area contributed by atoms with Gasteiger partial charge in [0.25, 0.3) is 5.91 Å². The van der Waals surface area contributed by atoms with E-state index in [1.807, 2.05) is 28.2 Å². The van der Waals surface area contributed by atoms with Gasteiger partial charge in [-0.2, -0.15) is 0 Å². The second kappa shape index (κ2) is 6.79. The van der Waals surface area contributed by atoms with Crippen LogP contribution in [-0.4, -0.2) is 43.4 Å². The Hall–Kier alpha value is -2.48. The molecule has 4 rings (SSSR count). The van der Waals surface area contributed by atoms with Crippen LogP contribution in [0.15, 0.2) is 34.1 Å². The average Bonchev–Trinajstić information content (AvgIpc) is 3.37. The maximum atomic E-state index is 12.7. The van der Waals surface area contributed by atoms with Crippen LogP contribution in [0.25, 0.3) is 0 Å². The molecule has 0 bridgehead atoms. The van der Waals surface area contributed by atoms with Crippen molar-refractivity contribution >= 4 is 17.2 Å². The zero-order chi connectivity index (χ0) is 17.2. The van der Waals surface area contributed by atoms with Crippen molar-refractivity contribution in [1.82, 2.24) is 24.4 Å². The predicted molar refractivity (Wildman–Crippen MR) is 92.6 cm³/mol.